The van der Waals surface area contributed by atoms with E-state index < -0.39 is 0 Å². The zero-order chi connectivity index (χ0) is 14.7. The molecule has 1 saturated heterocycles. The molecule has 0 saturated carbocycles. The Kier molecular flexibility index (Phi) is 3.96. The van der Waals surface area contributed by atoms with Gasteiger partial charge in [0.15, 0.2) is 0 Å². The van der Waals surface area contributed by atoms with Gasteiger partial charge in [-0.1, -0.05) is 6.07 Å². The standard InChI is InChI=1S/C15H18N4O2/c1-19-14(4-6-18-19)13-3-2-11(8-16-13)9-17-15(20)12-5-7-21-10-12/h2-4,6,8,12H,5,7,9-10H2,1H3,(H,17,20)/t12-/m1/s1. The number of amides is 1. The molecule has 0 radical (unpaired) electrons. The van der Waals surface area contributed by atoms with E-state index in [-0.39, 0.29) is 11.8 Å². The predicted octanol–water partition coefficient (Wildman–Crippen LogP) is 1.13. The molecule has 1 atom stereocenters. The molecule has 0 aliphatic carbocycles. The molecule has 1 fully saturated rings. The quantitative estimate of drug-likeness (QED) is 0.915. The van der Waals surface area contributed by atoms with E-state index in [4.69, 9.17) is 4.74 Å². The topological polar surface area (TPSA) is 69.0 Å². The summed E-state index contributed by atoms with van der Waals surface area (Å²) < 4.78 is 7.00. The smallest absolute Gasteiger partial charge is 0.225 e. The fourth-order valence-electron chi connectivity index (χ4n) is 2.38. The Morgan fingerprint density at radius 1 is 1.48 bits per heavy atom. The van der Waals surface area contributed by atoms with Crippen molar-refractivity contribution in [2.24, 2.45) is 13.0 Å². The van der Waals surface area contributed by atoms with Gasteiger partial charge in [0.25, 0.3) is 0 Å². The molecule has 3 heterocycles. The molecular formula is C15H18N4O2. The van der Waals surface area contributed by atoms with Gasteiger partial charge in [-0.2, -0.15) is 5.10 Å². The third-order valence-electron chi connectivity index (χ3n) is 3.68. The lowest BCUT2D eigenvalue weighted by molar-refractivity contribution is -0.125. The number of pyridine rings is 1. The summed E-state index contributed by atoms with van der Waals surface area (Å²) >= 11 is 0. The summed E-state index contributed by atoms with van der Waals surface area (Å²) in [6, 6.07) is 5.84. The first-order valence-electron chi connectivity index (χ1n) is 7.03. The minimum absolute atomic E-state index is 0.00771. The van der Waals surface area contributed by atoms with Crippen molar-refractivity contribution in [1.29, 1.82) is 0 Å². The van der Waals surface area contributed by atoms with Gasteiger partial charge in [0.1, 0.15) is 0 Å². The first-order valence-corrected chi connectivity index (χ1v) is 7.03. The van der Waals surface area contributed by atoms with Crippen molar-refractivity contribution >= 4 is 5.91 Å². The lowest BCUT2D eigenvalue weighted by Gasteiger charge is -2.09. The molecular weight excluding hydrogens is 268 g/mol. The highest BCUT2D eigenvalue weighted by molar-refractivity contribution is 5.78. The number of rotatable bonds is 4. The van der Waals surface area contributed by atoms with Crippen LogP contribution in [0, 0.1) is 5.92 Å². The van der Waals surface area contributed by atoms with Crippen LogP contribution in [-0.4, -0.2) is 33.9 Å². The molecule has 2 aromatic heterocycles. The van der Waals surface area contributed by atoms with E-state index in [1.807, 2.05) is 25.2 Å². The summed E-state index contributed by atoms with van der Waals surface area (Å²) in [5.41, 5.74) is 2.82. The van der Waals surface area contributed by atoms with Gasteiger partial charge in [-0.05, 0) is 24.1 Å². The number of aryl methyl sites for hydroxylation is 1. The van der Waals surface area contributed by atoms with Crippen molar-refractivity contribution in [3.05, 3.63) is 36.2 Å². The zero-order valence-electron chi connectivity index (χ0n) is 12.0. The molecule has 110 valence electrons. The number of hydrogen-bond donors (Lipinski definition) is 1. The molecule has 0 unspecified atom stereocenters. The number of nitrogens with zero attached hydrogens (tertiary/aromatic N) is 3. The molecule has 1 amide bonds. The van der Waals surface area contributed by atoms with E-state index in [0.29, 0.717) is 19.8 Å². The highest BCUT2D eigenvalue weighted by Crippen LogP contribution is 2.16. The average Bonchev–Trinajstić information content (AvgIpc) is 3.17. The predicted molar refractivity (Wildman–Crippen MR) is 77.2 cm³/mol. The highest BCUT2D eigenvalue weighted by Gasteiger charge is 2.22. The van der Waals surface area contributed by atoms with Gasteiger partial charge in [-0.3, -0.25) is 14.5 Å². The summed E-state index contributed by atoms with van der Waals surface area (Å²) in [6.45, 7) is 1.70. The molecule has 1 aliphatic heterocycles. The molecule has 0 spiro atoms. The molecule has 6 heteroatoms. The van der Waals surface area contributed by atoms with E-state index in [2.05, 4.69) is 15.4 Å². The van der Waals surface area contributed by atoms with Crippen LogP contribution in [0.25, 0.3) is 11.4 Å². The van der Waals surface area contributed by atoms with Crippen molar-refractivity contribution in [2.75, 3.05) is 13.2 Å². The van der Waals surface area contributed by atoms with Crippen LogP contribution < -0.4 is 5.32 Å². The summed E-state index contributed by atoms with van der Waals surface area (Å²) in [4.78, 5) is 16.3. The maximum atomic E-state index is 11.9. The van der Waals surface area contributed by atoms with E-state index in [1.165, 1.54) is 0 Å². The van der Waals surface area contributed by atoms with Crippen LogP contribution in [-0.2, 0) is 23.1 Å². The van der Waals surface area contributed by atoms with Crippen LogP contribution in [0.15, 0.2) is 30.6 Å². The molecule has 1 aliphatic rings. The maximum absolute atomic E-state index is 11.9. The van der Waals surface area contributed by atoms with Gasteiger partial charge in [0.2, 0.25) is 5.91 Å². The molecule has 6 nitrogen and oxygen atoms in total. The first kappa shape index (κ1) is 13.8. The van der Waals surface area contributed by atoms with Crippen LogP contribution in [0.5, 0.6) is 0 Å². The fourth-order valence-corrected chi connectivity index (χ4v) is 2.38. The summed E-state index contributed by atoms with van der Waals surface area (Å²) in [5.74, 6) is 0.0508. The Hall–Kier alpha value is -2.21. The van der Waals surface area contributed by atoms with Crippen LogP contribution in [0.1, 0.15) is 12.0 Å². The Bertz CT molecular complexity index is 615. The zero-order valence-corrected chi connectivity index (χ0v) is 12.0. The first-order chi connectivity index (χ1) is 10.2. The molecule has 21 heavy (non-hydrogen) atoms. The third kappa shape index (κ3) is 3.11. The second kappa shape index (κ2) is 6.05. The van der Waals surface area contributed by atoms with Crippen molar-refractivity contribution < 1.29 is 9.53 Å². The monoisotopic (exact) mass is 286 g/mol. The van der Waals surface area contributed by atoms with E-state index in [9.17, 15) is 4.79 Å². The van der Waals surface area contributed by atoms with E-state index in [1.54, 1.807) is 17.1 Å². The number of aromatic nitrogens is 3. The minimum Gasteiger partial charge on any atom is -0.381 e. The Labute approximate surface area is 123 Å². The Morgan fingerprint density at radius 2 is 2.38 bits per heavy atom. The summed E-state index contributed by atoms with van der Waals surface area (Å²) in [7, 11) is 1.88. The van der Waals surface area contributed by atoms with Gasteiger partial charge in [-0.25, -0.2) is 0 Å². The van der Waals surface area contributed by atoms with Crippen LogP contribution >= 0.6 is 0 Å². The normalized spacial score (nSPS) is 17.9. The largest absolute Gasteiger partial charge is 0.381 e. The molecule has 0 bridgehead atoms. The minimum atomic E-state index is -0.00771. The Morgan fingerprint density at radius 3 is 3.00 bits per heavy atom. The number of ether oxygens (including phenoxy) is 1. The number of hydrogen-bond acceptors (Lipinski definition) is 4. The highest BCUT2D eigenvalue weighted by atomic mass is 16.5. The number of carbonyl (C=O) groups is 1. The van der Waals surface area contributed by atoms with Crippen LogP contribution in [0.4, 0.5) is 0 Å². The second-order valence-electron chi connectivity index (χ2n) is 5.17. The second-order valence-corrected chi connectivity index (χ2v) is 5.17. The van der Waals surface area contributed by atoms with Crippen molar-refractivity contribution in [2.45, 2.75) is 13.0 Å². The lowest BCUT2D eigenvalue weighted by atomic mass is 10.1. The van der Waals surface area contributed by atoms with Crippen molar-refractivity contribution in [3.63, 3.8) is 0 Å². The van der Waals surface area contributed by atoms with Crippen LogP contribution in [0.3, 0.4) is 0 Å². The van der Waals surface area contributed by atoms with E-state index >= 15 is 0 Å². The fraction of sp³-hybridized carbons (Fsp3) is 0.400. The Balaban J connectivity index is 1.60. The van der Waals surface area contributed by atoms with Gasteiger partial charge >= 0.3 is 0 Å². The van der Waals surface area contributed by atoms with Gasteiger partial charge in [0.05, 0.1) is 23.9 Å². The van der Waals surface area contributed by atoms with Crippen molar-refractivity contribution in [3.8, 4) is 11.4 Å². The molecule has 3 rings (SSSR count). The van der Waals surface area contributed by atoms with Crippen LogP contribution in [0.2, 0.25) is 0 Å². The van der Waals surface area contributed by atoms with E-state index in [0.717, 1.165) is 23.4 Å². The number of carbonyl (C=O) groups excluding carboxylic acids is 1. The SMILES string of the molecule is Cn1nccc1-c1ccc(CNC(=O)[C@@H]2CCOC2)cn1. The summed E-state index contributed by atoms with van der Waals surface area (Å²) in [6.07, 6.45) is 4.34. The molecule has 0 aromatic carbocycles. The van der Waals surface area contributed by atoms with Crippen molar-refractivity contribution in [1.82, 2.24) is 20.1 Å². The molecule has 2 aromatic rings. The van der Waals surface area contributed by atoms with Gasteiger partial charge in [-0.15, -0.1) is 0 Å². The average molecular weight is 286 g/mol. The third-order valence-corrected chi connectivity index (χ3v) is 3.68. The molecule has 1 N–H and O–H groups in total. The van der Waals surface area contributed by atoms with Gasteiger partial charge < -0.3 is 10.1 Å². The maximum Gasteiger partial charge on any atom is 0.225 e. The lowest BCUT2D eigenvalue weighted by Crippen LogP contribution is -2.30. The number of nitrogens with one attached hydrogen (secondary N) is 1. The van der Waals surface area contributed by atoms with Gasteiger partial charge in [0, 0.05) is 32.6 Å². The summed E-state index contributed by atoms with van der Waals surface area (Å²) in [5, 5.41) is 7.06.